The maximum absolute atomic E-state index is 12.6. The second-order valence-electron chi connectivity index (χ2n) is 6.92. The van der Waals surface area contributed by atoms with E-state index in [0.29, 0.717) is 18.9 Å². The number of urea groups is 1. The molecule has 150 valence electrons. The molecule has 0 spiro atoms. The SMILES string of the molecule is CCc1cccc(CN(C(=O)CNC(=O)NCc2ccc(N)nc2)C(C)C)c1. The Morgan fingerprint density at radius 1 is 1.11 bits per heavy atom. The van der Waals surface area contributed by atoms with E-state index in [2.05, 4.69) is 34.7 Å². The second kappa shape index (κ2) is 10.3. The molecule has 28 heavy (non-hydrogen) atoms. The van der Waals surface area contributed by atoms with E-state index in [1.807, 2.05) is 26.0 Å². The zero-order chi connectivity index (χ0) is 20.5. The summed E-state index contributed by atoms with van der Waals surface area (Å²) in [4.78, 5) is 30.3. The molecule has 0 radical (unpaired) electrons. The first-order valence-corrected chi connectivity index (χ1v) is 9.48. The highest BCUT2D eigenvalue weighted by atomic mass is 16.2. The molecule has 0 atom stereocenters. The predicted octanol–water partition coefficient (Wildman–Crippen LogP) is 2.46. The van der Waals surface area contributed by atoms with Gasteiger partial charge in [0.05, 0.1) is 6.54 Å². The van der Waals surface area contributed by atoms with Crippen molar-refractivity contribution in [3.8, 4) is 0 Å². The maximum Gasteiger partial charge on any atom is 0.315 e. The molecule has 1 heterocycles. The Labute approximate surface area is 166 Å². The molecule has 3 amide bonds. The van der Waals surface area contributed by atoms with E-state index in [4.69, 9.17) is 5.73 Å². The van der Waals surface area contributed by atoms with Gasteiger partial charge >= 0.3 is 6.03 Å². The fraction of sp³-hybridized carbons (Fsp3) is 0.381. The number of carbonyl (C=O) groups is 2. The number of hydrogen-bond acceptors (Lipinski definition) is 4. The lowest BCUT2D eigenvalue weighted by Crippen LogP contribution is -2.45. The topological polar surface area (TPSA) is 100 Å². The molecule has 1 aromatic heterocycles. The first-order chi connectivity index (χ1) is 13.4. The van der Waals surface area contributed by atoms with E-state index in [0.717, 1.165) is 17.5 Å². The van der Waals surface area contributed by atoms with Crippen molar-refractivity contribution in [1.29, 1.82) is 0 Å². The first kappa shape index (κ1) is 21.2. The number of hydrogen-bond donors (Lipinski definition) is 3. The summed E-state index contributed by atoms with van der Waals surface area (Å²) >= 11 is 0. The minimum Gasteiger partial charge on any atom is -0.384 e. The number of nitrogen functional groups attached to an aromatic ring is 1. The number of aromatic nitrogens is 1. The van der Waals surface area contributed by atoms with Crippen LogP contribution in [0.15, 0.2) is 42.6 Å². The van der Waals surface area contributed by atoms with E-state index in [1.54, 1.807) is 23.2 Å². The van der Waals surface area contributed by atoms with Gasteiger partial charge < -0.3 is 21.3 Å². The van der Waals surface area contributed by atoms with Gasteiger partial charge in [-0.25, -0.2) is 9.78 Å². The second-order valence-corrected chi connectivity index (χ2v) is 6.92. The molecule has 2 rings (SSSR count). The quantitative estimate of drug-likeness (QED) is 0.652. The van der Waals surface area contributed by atoms with Crippen molar-refractivity contribution in [3.63, 3.8) is 0 Å². The van der Waals surface area contributed by atoms with Gasteiger partial charge in [-0.3, -0.25) is 4.79 Å². The highest BCUT2D eigenvalue weighted by Crippen LogP contribution is 2.11. The molecule has 1 aromatic carbocycles. The fourth-order valence-electron chi connectivity index (χ4n) is 2.75. The highest BCUT2D eigenvalue weighted by molar-refractivity contribution is 5.84. The summed E-state index contributed by atoms with van der Waals surface area (Å²) in [5.74, 6) is 0.304. The molecular weight excluding hydrogens is 354 g/mol. The predicted molar refractivity (Wildman–Crippen MR) is 110 cm³/mol. The Kier molecular flexibility index (Phi) is 7.80. The number of anilines is 1. The van der Waals surface area contributed by atoms with Crippen LogP contribution in [-0.2, 0) is 24.3 Å². The van der Waals surface area contributed by atoms with E-state index in [-0.39, 0.29) is 18.5 Å². The zero-order valence-corrected chi connectivity index (χ0v) is 16.7. The number of aryl methyl sites for hydroxylation is 1. The van der Waals surface area contributed by atoms with E-state index < -0.39 is 6.03 Å². The van der Waals surface area contributed by atoms with Crippen molar-refractivity contribution < 1.29 is 9.59 Å². The summed E-state index contributed by atoms with van der Waals surface area (Å²) in [6.07, 6.45) is 2.56. The third-order valence-corrected chi connectivity index (χ3v) is 4.40. The van der Waals surface area contributed by atoms with Gasteiger partial charge in [0, 0.05) is 25.3 Å². The zero-order valence-electron chi connectivity index (χ0n) is 16.7. The van der Waals surface area contributed by atoms with Crippen LogP contribution in [0.4, 0.5) is 10.6 Å². The summed E-state index contributed by atoms with van der Waals surface area (Å²) in [6.45, 7) is 6.81. The Bertz CT molecular complexity index is 790. The number of nitrogens with zero attached hydrogens (tertiary/aromatic N) is 2. The smallest absolute Gasteiger partial charge is 0.315 e. The summed E-state index contributed by atoms with van der Waals surface area (Å²) in [7, 11) is 0. The molecule has 0 aliphatic carbocycles. The standard InChI is InChI=1S/C21H29N5O2/c1-4-16-6-5-7-17(10-16)14-26(15(2)3)20(27)13-25-21(28)24-12-18-8-9-19(22)23-11-18/h5-11,15H,4,12-14H2,1-3H3,(H2,22,23)(H2,24,25,28). The normalized spacial score (nSPS) is 10.6. The lowest BCUT2D eigenvalue weighted by atomic mass is 10.1. The van der Waals surface area contributed by atoms with E-state index in [9.17, 15) is 9.59 Å². The van der Waals surface area contributed by atoms with Gasteiger partial charge in [-0.1, -0.05) is 37.3 Å². The van der Waals surface area contributed by atoms with Gasteiger partial charge in [-0.2, -0.15) is 0 Å². The van der Waals surface area contributed by atoms with Gasteiger partial charge in [0.15, 0.2) is 0 Å². The average Bonchev–Trinajstić information content (AvgIpc) is 2.69. The third-order valence-electron chi connectivity index (χ3n) is 4.40. The molecule has 0 saturated carbocycles. The number of benzene rings is 1. The molecule has 0 unspecified atom stereocenters. The summed E-state index contributed by atoms with van der Waals surface area (Å²) in [5.41, 5.74) is 8.69. The average molecular weight is 383 g/mol. The van der Waals surface area contributed by atoms with Crippen molar-refractivity contribution in [2.24, 2.45) is 0 Å². The summed E-state index contributed by atoms with van der Waals surface area (Å²) in [5, 5.41) is 5.33. The lowest BCUT2D eigenvalue weighted by molar-refractivity contribution is -0.132. The molecule has 0 fully saturated rings. The van der Waals surface area contributed by atoms with Gasteiger partial charge in [-0.15, -0.1) is 0 Å². The largest absolute Gasteiger partial charge is 0.384 e. The van der Waals surface area contributed by atoms with Gasteiger partial charge in [0.1, 0.15) is 5.82 Å². The fourth-order valence-corrected chi connectivity index (χ4v) is 2.75. The van der Waals surface area contributed by atoms with Crippen LogP contribution in [0.2, 0.25) is 0 Å². The minimum absolute atomic E-state index is 0.0310. The number of nitrogens with one attached hydrogen (secondary N) is 2. The number of nitrogens with two attached hydrogens (primary N) is 1. The van der Waals surface area contributed by atoms with Crippen LogP contribution in [0.1, 0.15) is 37.5 Å². The van der Waals surface area contributed by atoms with Crippen molar-refractivity contribution >= 4 is 17.8 Å². The van der Waals surface area contributed by atoms with Gasteiger partial charge in [0.25, 0.3) is 0 Å². The number of carbonyl (C=O) groups excluding carboxylic acids is 2. The van der Waals surface area contributed by atoms with Crippen LogP contribution in [0.3, 0.4) is 0 Å². The van der Waals surface area contributed by atoms with Crippen LogP contribution in [-0.4, -0.2) is 34.4 Å². The first-order valence-electron chi connectivity index (χ1n) is 9.48. The number of amides is 3. The molecule has 0 saturated heterocycles. The summed E-state index contributed by atoms with van der Waals surface area (Å²) in [6, 6.07) is 11.3. The van der Waals surface area contributed by atoms with Crippen LogP contribution in [0, 0.1) is 0 Å². The lowest BCUT2D eigenvalue weighted by Gasteiger charge is -2.27. The Hall–Kier alpha value is -3.09. The number of pyridine rings is 1. The summed E-state index contributed by atoms with van der Waals surface area (Å²) < 4.78 is 0. The van der Waals surface area contributed by atoms with Crippen LogP contribution >= 0.6 is 0 Å². The number of rotatable bonds is 8. The Balaban J connectivity index is 1.85. The van der Waals surface area contributed by atoms with Gasteiger partial charge in [0.2, 0.25) is 5.91 Å². The van der Waals surface area contributed by atoms with Crippen LogP contribution in [0.25, 0.3) is 0 Å². The molecule has 0 aliphatic rings. The van der Waals surface area contributed by atoms with Crippen molar-refractivity contribution in [2.45, 2.75) is 46.3 Å². The van der Waals surface area contributed by atoms with E-state index >= 15 is 0 Å². The maximum atomic E-state index is 12.6. The molecule has 4 N–H and O–H groups in total. The molecule has 2 aromatic rings. The van der Waals surface area contributed by atoms with Gasteiger partial charge in [-0.05, 0) is 43.0 Å². The monoisotopic (exact) mass is 383 g/mol. The van der Waals surface area contributed by atoms with Crippen LogP contribution < -0.4 is 16.4 Å². The highest BCUT2D eigenvalue weighted by Gasteiger charge is 2.18. The van der Waals surface area contributed by atoms with Crippen LogP contribution in [0.5, 0.6) is 0 Å². The molecule has 7 heteroatoms. The van der Waals surface area contributed by atoms with E-state index in [1.165, 1.54) is 5.56 Å². The minimum atomic E-state index is -0.401. The van der Waals surface area contributed by atoms with Crippen molar-refractivity contribution in [3.05, 3.63) is 59.3 Å². The third kappa shape index (κ3) is 6.57. The molecule has 7 nitrogen and oxygen atoms in total. The van der Waals surface area contributed by atoms with Crippen molar-refractivity contribution in [2.75, 3.05) is 12.3 Å². The van der Waals surface area contributed by atoms with Crippen molar-refractivity contribution in [1.82, 2.24) is 20.5 Å². The Morgan fingerprint density at radius 3 is 2.50 bits per heavy atom. The molecule has 0 bridgehead atoms. The molecule has 0 aliphatic heterocycles. The Morgan fingerprint density at radius 2 is 1.86 bits per heavy atom. The molecular formula is C21H29N5O2.